The smallest absolute Gasteiger partial charge is 0.161 e. The van der Waals surface area contributed by atoms with E-state index in [4.69, 9.17) is 21.1 Å². The second-order valence-electron chi connectivity index (χ2n) is 3.05. The molecule has 0 fully saturated rings. The summed E-state index contributed by atoms with van der Waals surface area (Å²) in [6, 6.07) is 5.66. The number of methoxy groups -OCH3 is 2. The number of hydrogen-bond donors (Lipinski definition) is 0. The average Bonchev–Trinajstić information content (AvgIpc) is 2.75. The number of benzene rings is 1. The van der Waals surface area contributed by atoms with Crippen molar-refractivity contribution in [3.63, 3.8) is 0 Å². The van der Waals surface area contributed by atoms with Crippen LogP contribution in [0.25, 0.3) is 10.6 Å². The minimum atomic E-state index is 0.509. The van der Waals surface area contributed by atoms with Crippen LogP contribution in [-0.2, 0) is 0 Å². The Kier molecular flexibility index (Phi) is 3.31. The maximum atomic E-state index is 5.79. The van der Waals surface area contributed by atoms with Crippen LogP contribution in [-0.4, -0.2) is 19.2 Å². The van der Waals surface area contributed by atoms with Crippen molar-refractivity contribution in [1.29, 1.82) is 0 Å². The minimum absolute atomic E-state index is 0.509. The van der Waals surface area contributed by atoms with Gasteiger partial charge < -0.3 is 9.47 Å². The van der Waals surface area contributed by atoms with Crippen LogP contribution < -0.4 is 9.47 Å². The SMILES string of the molecule is COc1ccc(-c2nc(Cl)cs2)cc1OC. The highest BCUT2D eigenvalue weighted by Gasteiger charge is 2.08. The number of aromatic nitrogens is 1. The first-order chi connectivity index (χ1) is 7.74. The van der Waals surface area contributed by atoms with E-state index in [1.165, 1.54) is 11.3 Å². The van der Waals surface area contributed by atoms with Gasteiger partial charge in [0.15, 0.2) is 11.5 Å². The Labute approximate surface area is 103 Å². The van der Waals surface area contributed by atoms with Crippen molar-refractivity contribution in [2.75, 3.05) is 14.2 Å². The van der Waals surface area contributed by atoms with Crippen molar-refractivity contribution in [2.45, 2.75) is 0 Å². The van der Waals surface area contributed by atoms with E-state index in [1.54, 1.807) is 19.6 Å². The van der Waals surface area contributed by atoms with Crippen molar-refractivity contribution in [2.24, 2.45) is 0 Å². The van der Waals surface area contributed by atoms with Crippen LogP contribution in [0.15, 0.2) is 23.6 Å². The zero-order valence-electron chi connectivity index (χ0n) is 8.86. The lowest BCUT2D eigenvalue weighted by Crippen LogP contribution is -1.90. The molecule has 0 aliphatic heterocycles. The maximum absolute atomic E-state index is 5.79. The standard InChI is InChI=1S/C11H10ClNO2S/c1-14-8-4-3-7(5-9(8)15-2)11-13-10(12)6-16-11/h3-6H,1-2H3. The monoisotopic (exact) mass is 255 g/mol. The number of halogens is 1. The predicted molar refractivity (Wildman–Crippen MR) is 65.7 cm³/mol. The van der Waals surface area contributed by atoms with E-state index in [9.17, 15) is 0 Å². The molecular weight excluding hydrogens is 246 g/mol. The third-order valence-corrected chi connectivity index (χ3v) is 3.32. The van der Waals surface area contributed by atoms with Gasteiger partial charge in [0, 0.05) is 10.9 Å². The highest BCUT2D eigenvalue weighted by atomic mass is 35.5. The summed E-state index contributed by atoms with van der Waals surface area (Å²) >= 11 is 7.28. The fourth-order valence-corrected chi connectivity index (χ4v) is 2.30. The fourth-order valence-electron chi connectivity index (χ4n) is 1.36. The molecule has 16 heavy (non-hydrogen) atoms. The molecule has 5 heteroatoms. The number of thiazole rings is 1. The second-order valence-corrected chi connectivity index (χ2v) is 4.29. The molecule has 0 saturated heterocycles. The lowest BCUT2D eigenvalue weighted by atomic mass is 10.2. The zero-order chi connectivity index (χ0) is 11.5. The van der Waals surface area contributed by atoms with Gasteiger partial charge in [-0.3, -0.25) is 0 Å². The van der Waals surface area contributed by atoms with Gasteiger partial charge in [-0.05, 0) is 18.2 Å². The molecule has 0 N–H and O–H groups in total. The third-order valence-electron chi connectivity index (χ3n) is 2.11. The Morgan fingerprint density at radius 1 is 1.19 bits per heavy atom. The number of ether oxygens (including phenoxy) is 2. The molecule has 3 nitrogen and oxygen atoms in total. The fraction of sp³-hybridized carbons (Fsp3) is 0.182. The molecule has 0 saturated carbocycles. The van der Waals surface area contributed by atoms with Crippen LogP contribution in [0, 0.1) is 0 Å². The van der Waals surface area contributed by atoms with Gasteiger partial charge in [0.25, 0.3) is 0 Å². The van der Waals surface area contributed by atoms with E-state index in [-0.39, 0.29) is 0 Å². The topological polar surface area (TPSA) is 31.4 Å². The van der Waals surface area contributed by atoms with Crippen molar-refractivity contribution in [3.8, 4) is 22.1 Å². The van der Waals surface area contributed by atoms with Crippen molar-refractivity contribution in [1.82, 2.24) is 4.98 Å². The Morgan fingerprint density at radius 3 is 2.50 bits per heavy atom. The molecule has 1 heterocycles. The molecule has 1 aromatic heterocycles. The van der Waals surface area contributed by atoms with E-state index in [0.29, 0.717) is 16.7 Å². The van der Waals surface area contributed by atoms with Crippen LogP contribution in [0.5, 0.6) is 11.5 Å². The summed E-state index contributed by atoms with van der Waals surface area (Å²) in [6.45, 7) is 0. The summed E-state index contributed by atoms with van der Waals surface area (Å²) in [5, 5.41) is 3.17. The average molecular weight is 256 g/mol. The Bertz CT molecular complexity index is 498. The second kappa shape index (κ2) is 4.72. The van der Waals surface area contributed by atoms with Gasteiger partial charge in [-0.15, -0.1) is 11.3 Å². The highest BCUT2D eigenvalue weighted by molar-refractivity contribution is 7.13. The van der Waals surface area contributed by atoms with Crippen LogP contribution in [0.4, 0.5) is 0 Å². The molecule has 2 aromatic rings. The molecule has 0 radical (unpaired) electrons. The molecule has 84 valence electrons. The quantitative estimate of drug-likeness (QED) is 0.841. The molecule has 0 atom stereocenters. The summed E-state index contributed by atoms with van der Waals surface area (Å²) < 4.78 is 10.4. The molecule has 0 aliphatic carbocycles. The van der Waals surface area contributed by atoms with E-state index < -0.39 is 0 Å². The highest BCUT2D eigenvalue weighted by Crippen LogP contribution is 2.33. The summed E-state index contributed by atoms with van der Waals surface area (Å²) in [5.74, 6) is 1.39. The molecule has 0 spiro atoms. The number of hydrogen-bond acceptors (Lipinski definition) is 4. The number of rotatable bonds is 3. The van der Waals surface area contributed by atoms with Crippen LogP contribution in [0.2, 0.25) is 5.15 Å². The summed E-state index contributed by atoms with van der Waals surface area (Å²) in [6.07, 6.45) is 0. The van der Waals surface area contributed by atoms with Crippen LogP contribution in [0.3, 0.4) is 0 Å². The Morgan fingerprint density at radius 2 is 1.94 bits per heavy atom. The summed E-state index contributed by atoms with van der Waals surface area (Å²) in [4.78, 5) is 4.20. The van der Waals surface area contributed by atoms with Crippen LogP contribution >= 0.6 is 22.9 Å². The van der Waals surface area contributed by atoms with Gasteiger partial charge in [-0.2, -0.15) is 0 Å². The van der Waals surface area contributed by atoms with Crippen molar-refractivity contribution >= 4 is 22.9 Å². The summed E-state index contributed by atoms with van der Waals surface area (Å²) in [7, 11) is 3.22. The van der Waals surface area contributed by atoms with Gasteiger partial charge in [0.1, 0.15) is 10.2 Å². The van der Waals surface area contributed by atoms with Crippen molar-refractivity contribution < 1.29 is 9.47 Å². The van der Waals surface area contributed by atoms with Crippen molar-refractivity contribution in [3.05, 3.63) is 28.7 Å². The summed E-state index contributed by atoms with van der Waals surface area (Å²) in [5.41, 5.74) is 0.967. The van der Waals surface area contributed by atoms with Gasteiger partial charge in [-0.25, -0.2) is 4.98 Å². The number of nitrogens with zero attached hydrogens (tertiary/aromatic N) is 1. The molecule has 0 amide bonds. The van der Waals surface area contributed by atoms with E-state index in [2.05, 4.69) is 4.98 Å². The first-order valence-corrected chi connectivity index (χ1v) is 5.84. The lowest BCUT2D eigenvalue weighted by Gasteiger charge is -2.07. The molecule has 0 aliphatic rings. The molecule has 2 rings (SSSR count). The zero-order valence-corrected chi connectivity index (χ0v) is 10.4. The van der Waals surface area contributed by atoms with Gasteiger partial charge >= 0.3 is 0 Å². The lowest BCUT2D eigenvalue weighted by molar-refractivity contribution is 0.355. The predicted octanol–water partition coefficient (Wildman–Crippen LogP) is 3.48. The molecule has 0 bridgehead atoms. The molecule has 0 unspecified atom stereocenters. The van der Waals surface area contributed by atoms with E-state index >= 15 is 0 Å². The maximum Gasteiger partial charge on any atom is 0.161 e. The molecular formula is C11H10ClNO2S. The van der Waals surface area contributed by atoms with Crippen LogP contribution in [0.1, 0.15) is 0 Å². The third kappa shape index (κ3) is 2.13. The normalized spacial score (nSPS) is 10.2. The van der Waals surface area contributed by atoms with E-state index in [0.717, 1.165) is 10.6 Å². The van der Waals surface area contributed by atoms with Gasteiger partial charge in [0.2, 0.25) is 0 Å². The van der Waals surface area contributed by atoms with E-state index in [1.807, 2.05) is 18.2 Å². The Hall–Kier alpha value is -1.26. The minimum Gasteiger partial charge on any atom is -0.493 e. The van der Waals surface area contributed by atoms with Gasteiger partial charge in [0.05, 0.1) is 14.2 Å². The first-order valence-electron chi connectivity index (χ1n) is 4.58. The Balaban J connectivity index is 2.43. The largest absolute Gasteiger partial charge is 0.493 e. The van der Waals surface area contributed by atoms with Gasteiger partial charge in [-0.1, -0.05) is 11.6 Å². The first kappa shape index (κ1) is 11.2. The molecule has 1 aromatic carbocycles.